The highest BCUT2D eigenvalue weighted by Crippen LogP contribution is 2.09. The van der Waals surface area contributed by atoms with Gasteiger partial charge in [0.2, 0.25) is 5.91 Å². The van der Waals surface area contributed by atoms with Gasteiger partial charge in [0.25, 0.3) is 0 Å². The molecule has 5 heteroatoms. The Kier molecular flexibility index (Phi) is 5.30. The van der Waals surface area contributed by atoms with Crippen LogP contribution in [0.4, 0.5) is 4.39 Å². The molecule has 0 aliphatic rings. The van der Waals surface area contributed by atoms with E-state index in [-0.39, 0.29) is 25.3 Å². The van der Waals surface area contributed by atoms with E-state index in [4.69, 9.17) is 5.11 Å². The molecule has 0 fully saturated rings. The first-order valence-electron chi connectivity index (χ1n) is 5.77. The van der Waals surface area contributed by atoms with Crippen molar-refractivity contribution in [3.05, 3.63) is 35.6 Å². The molecule has 0 aromatic heterocycles. The molecular weight excluding hydrogens is 237 g/mol. The van der Waals surface area contributed by atoms with Gasteiger partial charge in [-0.25, -0.2) is 4.39 Å². The second-order valence-corrected chi connectivity index (χ2v) is 3.89. The fourth-order valence-electron chi connectivity index (χ4n) is 1.61. The fraction of sp³-hybridized carbons (Fsp3) is 0.385. The van der Waals surface area contributed by atoms with E-state index in [1.165, 1.54) is 11.0 Å². The van der Waals surface area contributed by atoms with Crippen molar-refractivity contribution in [1.82, 2.24) is 4.90 Å². The van der Waals surface area contributed by atoms with E-state index in [2.05, 4.69) is 0 Å². The molecule has 1 aromatic carbocycles. The van der Waals surface area contributed by atoms with Crippen molar-refractivity contribution in [3.8, 4) is 0 Å². The zero-order valence-corrected chi connectivity index (χ0v) is 10.2. The first kappa shape index (κ1) is 14.2. The lowest BCUT2D eigenvalue weighted by atomic mass is 10.1. The Morgan fingerprint density at radius 2 is 2.00 bits per heavy atom. The molecule has 1 rings (SSSR count). The summed E-state index contributed by atoms with van der Waals surface area (Å²) in [5.41, 5.74) is 0.330. The summed E-state index contributed by atoms with van der Waals surface area (Å²) in [6.45, 7) is 2.33. The van der Waals surface area contributed by atoms with Crippen LogP contribution in [0.2, 0.25) is 0 Å². The van der Waals surface area contributed by atoms with Crippen LogP contribution in [0.15, 0.2) is 24.3 Å². The first-order valence-corrected chi connectivity index (χ1v) is 5.77. The van der Waals surface area contributed by atoms with Crippen molar-refractivity contribution in [2.45, 2.75) is 19.8 Å². The molecule has 0 radical (unpaired) electrons. The maximum atomic E-state index is 13.4. The Bertz CT molecular complexity index is 434. The lowest BCUT2D eigenvalue weighted by molar-refractivity contribution is -0.138. The normalized spacial score (nSPS) is 10.1. The molecule has 0 bridgehead atoms. The van der Waals surface area contributed by atoms with Gasteiger partial charge >= 0.3 is 5.97 Å². The van der Waals surface area contributed by atoms with Crippen LogP contribution in [0.5, 0.6) is 0 Å². The molecule has 0 saturated heterocycles. The Hall–Kier alpha value is -1.91. The van der Waals surface area contributed by atoms with E-state index in [0.717, 1.165) is 0 Å². The van der Waals surface area contributed by atoms with Crippen molar-refractivity contribution in [2.24, 2.45) is 0 Å². The highest BCUT2D eigenvalue weighted by atomic mass is 19.1. The molecule has 1 N–H and O–H groups in total. The summed E-state index contributed by atoms with van der Waals surface area (Å²) in [5.74, 6) is -1.63. The fourth-order valence-corrected chi connectivity index (χ4v) is 1.61. The van der Waals surface area contributed by atoms with Gasteiger partial charge in [-0.2, -0.15) is 0 Å². The monoisotopic (exact) mass is 253 g/mol. The van der Waals surface area contributed by atoms with Crippen molar-refractivity contribution < 1.29 is 19.1 Å². The van der Waals surface area contributed by atoms with Crippen molar-refractivity contribution >= 4 is 11.9 Å². The standard InChI is InChI=1S/C13H16FNO3/c1-2-15(8-7-13(17)18)12(16)9-10-5-3-4-6-11(10)14/h3-6H,2,7-9H2,1H3,(H,17,18). The summed E-state index contributed by atoms with van der Waals surface area (Å²) >= 11 is 0. The molecule has 0 unspecified atom stereocenters. The largest absolute Gasteiger partial charge is 0.481 e. The summed E-state index contributed by atoms with van der Waals surface area (Å²) in [4.78, 5) is 23.7. The Morgan fingerprint density at radius 3 is 2.56 bits per heavy atom. The van der Waals surface area contributed by atoms with E-state index < -0.39 is 11.8 Å². The Morgan fingerprint density at radius 1 is 1.33 bits per heavy atom. The van der Waals surface area contributed by atoms with Gasteiger partial charge in [-0.3, -0.25) is 9.59 Å². The SMILES string of the molecule is CCN(CCC(=O)O)C(=O)Cc1ccccc1F. The van der Waals surface area contributed by atoms with Gasteiger partial charge in [0.1, 0.15) is 5.82 Å². The van der Waals surface area contributed by atoms with Crippen LogP contribution in [-0.4, -0.2) is 35.0 Å². The minimum atomic E-state index is -0.952. The lowest BCUT2D eigenvalue weighted by Crippen LogP contribution is -2.34. The van der Waals surface area contributed by atoms with Gasteiger partial charge in [-0.05, 0) is 18.6 Å². The number of carbonyl (C=O) groups excluding carboxylic acids is 1. The van der Waals surface area contributed by atoms with Crippen molar-refractivity contribution in [1.29, 1.82) is 0 Å². The van der Waals surface area contributed by atoms with Gasteiger partial charge in [0.05, 0.1) is 12.8 Å². The number of hydrogen-bond donors (Lipinski definition) is 1. The average molecular weight is 253 g/mol. The summed E-state index contributed by atoms with van der Waals surface area (Å²) in [5, 5.41) is 8.58. The maximum absolute atomic E-state index is 13.4. The molecule has 18 heavy (non-hydrogen) atoms. The third-order valence-corrected chi connectivity index (χ3v) is 2.63. The van der Waals surface area contributed by atoms with Crippen molar-refractivity contribution in [2.75, 3.05) is 13.1 Å². The molecule has 98 valence electrons. The zero-order valence-electron chi connectivity index (χ0n) is 10.2. The Balaban J connectivity index is 2.62. The number of benzene rings is 1. The highest BCUT2D eigenvalue weighted by molar-refractivity contribution is 5.79. The average Bonchev–Trinajstić information content (AvgIpc) is 2.32. The van der Waals surface area contributed by atoms with E-state index in [1.807, 2.05) is 0 Å². The van der Waals surface area contributed by atoms with Crippen LogP contribution < -0.4 is 0 Å². The van der Waals surface area contributed by atoms with E-state index in [1.54, 1.807) is 25.1 Å². The quantitative estimate of drug-likeness (QED) is 0.839. The highest BCUT2D eigenvalue weighted by Gasteiger charge is 2.15. The first-order chi connectivity index (χ1) is 8.54. The van der Waals surface area contributed by atoms with Gasteiger partial charge in [0, 0.05) is 13.1 Å². The molecule has 0 saturated carbocycles. The number of carboxylic acid groups (broad SMARTS) is 1. The summed E-state index contributed by atoms with van der Waals surface area (Å²) < 4.78 is 13.4. The molecule has 0 aliphatic heterocycles. The second kappa shape index (κ2) is 6.74. The molecule has 0 heterocycles. The van der Waals surface area contributed by atoms with Crippen molar-refractivity contribution in [3.63, 3.8) is 0 Å². The van der Waals surface area contributed by atoms with Gasteiger partial charge in [0.15, 0.2) is 0 Å². The third kappa shape index (κ3) is 4.16. The van der Waals surface area contributed by atoms with E-state index in [0.29, 0.717) is 12.1 Å². The van der Waals surface area contributed by atoms with Gasteiger partial charge in [-0.15, -0.1) is 0 Å². The van der Waals surface area contributed by atoms with E-state index in [9.17, 15) is 14.0 Å². The number of halogens is 1. The number of aliphatic carboxylic acids is 1. The number of carbonyl (C=O) groups is 2. The molecule has 0 atom stereocenters. The third-order valence-electron chi connectivity index (χ3n) is 2.63. The number of rotatable bonds is 6. The van der Waals surface area contributed by atoms with Gasteiger partial charge < -0.3 is 10.0 Å². The Labute approximate surface area is 105 Å². The number of likely N-dealkylation sites (N-methyl/N-ethyl adjacent to an activating group) is 1. The minimum absolute atomic E-state index is 0.0415. The van der Waals surface area contributed by atoms with Crippen LogP contribution in [0, 0.1) is 5.82 Å². The topological polar surface area (TPSA) is 57.6 Å². The predicted octanol–water partition coefficient (Wildman–Crippen LogP) is 1.69. The second-order valence-electron chi connectivity index (χ2n) is 3.89. The van der Waals surface area contributed by atoms with Crippen LogP contribution in [0.25, 0.3) is 0 Å². The van der Waals surface area contributed by atoms with E-state index >= 15 is 0 Å². The van der Waals surface area contributed by atoms with Crippen LogP contribution in [-0.2, 0) is 16.0 Å². The summed E-state index contributed by atoms with van der Waals surface area (Å²) in [7, 11) is 0. The maximum Gasteiger partial charge on any atom is 0.305 e. The van der Waals surface area contributed by atoms with Crippen LogP contribution in [0.1, 0.15) is 18.9 Å². The number of nitrogens with zero attached hydrogens (tertiary/aromatic N) is 1. The zero-order chi connectivity index (χ0) is 13.5. The molecule has 1 aromatic rings. The predicted molar refractivity (Wildman–Crippen MR) is 64.6 cm³/mol. The molecular formula is C13H16FNO3. The van der Waals surface area contributed by atoms with Crippen LogP contribution >= 0.6 is 0 Å². The molecule has 1 amide bonds. The van der Waals surface area contributed by atoms with Gasteiger partial charge in [-0.1, -0.05) is 18.2 Å². The molecule has 4 nitrogen and oxygen atoms in total. The number of hydrogen-bond acceptors (Lipinski definition) is 2. The minimum Gasteiger partial charge on any atom is -0.481 e. The summed E-state index contributed by atoms with van der Waals surface area (Å²) in [6, 6.07) is 6.08. The lowest BCUT2D eigenvalue weighted by Gasteiger charge is -2.20. The smallest absolute Gasteiger partial charge is 0.305 e. The summed E-state index contributed by atoms with van der Waals surface area (Å²) in [6.07, 6.45) is -0.142. The molecule has 0 aliphatic carbocycles. The number of amides is 1. The number of carboxylic acids is 1. The molecule has 0 spiro atoms. The van der Waals surface area contributed by atoms with Crippen LogP contribution in [0.3, 0.4) is 0 Å².